The van der Waals surface area contributed by atoms with Crippen LogP contribution in [0.3, 0.4) is 0 Å². The molecule has 2 heterocycles. The Balaban J connectivity index is 1.76. The van der Waals surface area contributed by atoms with Crippen LogP contribution in [0.2, 0.25) is 0 Å². The van der Waals surface area contributed by atoms with E-state index in [-0.39, 0.29) is 11.8 Å². The number of hydrogen-bond donors (Lipinski definition) is 1. The van der Waals surface area contributed by atoms with Crippen LogP contribution in [0.5, 0.6) is 0 Å². The summed E-state index contributed by atoms with van der Waals surface area (Å²) in [6, 6.07) is 0. The van der Waals surface area contributed by atoms with Crippen molar-refractivity contribution < 1.29 is 9.59 Å². The second-order valence-corrected chi connectivity index (χ2v) is 7.00. The van der Waals surface area contributed by atoms with Gasteiger partial charge in [-0.2, -0.15) is 5.10 Å². The molecule has 132 valence electrons. The van der Waals surface area contributed by atoms with Gasteiger partial charge in [-0.1, -0.05) is 50.4 Å². The number of carbonyl (C=O) groups is 2. The maximum atomic E-state index is 12.1. The predicted octanol–water partition coefficient (Wildman–Crippen LogP) is 2.99. The molecule has 1 aromatic rings. The van der Waals surface area contributed by atoms with Crippen molar-refractivity contribution in [3.63, 3.8) is 0 Å². The van der Waals surface area contributed by atoms with E-state index in [0.717, 1.165) is 17.8 Å². The van der Waals surface area contributed by atoms with Gasteiger partial charge in [-0.05, 0) is 6.42 Å². The van der Waals surface area contributed by atoms with Gasteiger partial charge in [0.2, 0.25) is 11.0 Å². The van der Waals surface area contributed by atoms with E-state index < -0.39 is 0 Å². The van der Waals surface area contributed by atoms with Gasteiger partial charge in [-0.15, -0.1) is 10.2 Å². The molecule has 0 aliphatic carbocycles. The zero-order valence-electron chi connectivity index (χ0n) is 14.4. The first-order chi connectivity index (χ1) is 11.6. The molecule has 0 aromatic carbocycles. The highest BCUT2D eigenvalue weighted by molar-refractivity contribution is 7.15. The van der Waals surface area contributed by atoms with E-state index >= 15 is 0 Å². The molecule has 1 N–H and O–H groups in total. The van der Waals surface area contributed by atoms with Crippen LogP contribution in [0, 0.1) is 0 Å². The standard InChI is InChI=1S/C16H25N5O2S/c1-3-4-5-6-7-8-9-13-18-19-16(24-13)17-15(23)12-10-11-14(22)21(2)20-12/h3-11H2,1-2H3,(H,17,19,23). The van der Waals surface area contributed by atoms with Gasteiger partial charge in [0.25, 0.3) is 5.91 Å². The highest BCUT2D eigenvalue weighted by Crippen LogP contribution is 2.19. The van der Waals surface area contributed by atoms with Crippen LogP contribution in [0.25, 0.3) is 0 Å². The van der Waals surface area contributed by atoms with Gasteiger partial charge in [-0.25, -0.2) is 5.01 Å². The fourth-order valence-corrected chi connectivity index (χ4v) is 3.24. The highest BCUT2D eigenvalue weighted by Gasteiger charge is 2.22. The Kier molecular flexibility index (Phi) is 7.30. The quantitative estimate of drug-likeness (QED) is 0.693. The van der Waals surface area contributed by atoms with E-state index in [2.05, 4.69) is 27.5 Å². The van der Waals surface area contributed by atoms with Crippen LogP contribution >= 0.6 is 11.3 Å². The lowest BCUT2D eigenvalue weighted by molar-refractivity contribution is -0.130. The van der Waals surface area contributed by atoms with Gasteiger partial charge in [0.1, 0.15) is 10.7 Å². The first-order valence-corrected chi connectivity index (χ1v) is 9.39. The molecule has 0 saturated heterocycles. The first-order valence-electron chi connectivity index (χ1n) is 8.58. The molecule has 2 rings (SSSR count). The summed E-state index contributed by atoms with van der Waals surface area (Å²) in [5.41, 5.74) is 0.352. The highest BCUT2D eigenvalue weighted by atomic mass is 32.1. The largest absolute Gasteiger partial charge is 0.295 e. The average molecular weight is 351 g/mol. The zero-order valence-corrected chi connectivity index (χ0v) is 15.2. The Bertz CT molecular complexity index is 599. The Labute approximate surface area is 146 Å². The predicted molar refractivity (Wildman–Crippen MR) is 95.1 cm³/mol. The number of carbonyl (C=O) groups excluding carboxylic acids is 2. The van der Waals surface area contributed by atoms with Crippen LogP contribution in [0.4, 0.5) is 5.13 Å². The Morgan fingerprint density at radius 3 is 2.67 bits per heavy atom. The van der Waals surface area contributed by atoms with E-state index in [1.807, 2.05) is 0 Å². The molecule has 1 aliphatic rings. The third-order valence-electron chi connectivity index (χ3n) is 3.90. The summed E-state index contributed by atoms with van der Waals surface area (Å²) < 4.78 is 0. The molecular weight excluding hydrogens is 326 g/mol. The molecule has 8 heteroatoms. The van der Waals surface area contributed by atoms with E-state index in [0.29, 0.717) is 23.7 Å². The number of unbranched alkanes of at least 4 members (excludes halogenated alkanes) is 5. The number of aromatic nitrogens is 2. The van der Waals surface area contributed by atoms with Crippen LogP contribution in [0.15, 0.2) is 5.10 Å². The number of nitrogens with one attached hydrogen (secondary N) is 1. The van der Waals surface area contributed by atoms with Crippen molar-refractivity contribution in [2.75, 3.05) is 12.4 Å². The summed E-state index contributed by atoms with van der Waals surface area (Å²) in [5, 5.41) is 17.5. The van der Waals surface area contributed by atoms with Gasteiger partial charge < -0.3 is 0 Å². The molecule has 1 aromatic heterocycles. The van der Waals surface area contributed by atoms with Crippen molar-refractivity contribution in [2.24, 2.45) is 5.10 Å². The molecule has 0 unspecified atom stereocenters. The fourth-order valence-electron chi connectivity index (χ4n) is 2.46. The number of nitrogens with zero attached hydrogens (tertiary/aromatic N) is 4. The Morgan fingerprint density at radius 1 is 1.17 bits per heavy atom. The van der Waals surface area contributed by atoms with Crippen LogP contribution in [-0.4, -0.2) is 39.8 Å². The first kappa shape index (κ1) is 18.5. The van der Waals surface area contributed by atoms with Crippen molar-refractivity contribution in [1.82, 2.24) is 15.2 Å². The second-order valence-electron chi connectivity index (χ2n) is 5.94. The lowest BCUT2D eigenvalue weighted by Gasteiger charge is -2.18. The number of hydrogen-bond acceptors (Lipinski definition) is 6. The van der Waals surface area contributed by atoms with Crippen LogP contribution < -0.4 is 5.32 Å². The number of anilines is 1. The number of rotatable bonds is 9. The molecule has 0 fully saturated rings. The summed E-state index contributed by atoms with van der Waals surface area (Å²) in [6.07, 6.45) is 9.01. The van der Waals surface area contributed by atoms with E-state index in [1.54, 1.807) is 7.05 Å². The second kappa shape index (κ2) is 9.46. The molecule has 0 saturated carbocycles. The fraction of sp³-hybridized carbons (Fsp3) is 0.688. The van der Waals surface area contributed by atoms with Crippen LogP contribution in [0.1, 0.15) is 63.3 Å². The monoisotopic (exact) mass is 351 g/mol. The molecule has 7 nitrogen and oxygen atoms in total. The summed E-state index contributed by atoms with van der Waals surface area (Å²) in [4.78, 5) is 23.5. The Hall–Kier alpha value is -1.83. The summed E-state index contributed by atoms with van der Waals surface area (Å²) in [7, 11) is 1.55. The van der Waals surface area contributed by atoms with Gasteiger partial charge in [0.15, 0.2) is 0 Å². The van der Waals surface area contributed by atoms with Crippen LogP contribution in [-0.2, 0) is 16.0 Å². The van der Waals surface area contributed by atoms with Gasteiger partial charge >= 0.3 is 0 Å². The van der Waals surface area contributed by atoms with Crippen molar-refractivity contribution in [1.29, 1.82) is 0 Å². The molecule has 24 heavy (non-hydrogen) atoms. The maximum absolute atomic E-state index is 12.1. The molecule has 0 spiro atoms. The summed E-state index contributed by atoms with van der Waals surface area (Å²) in [6.45, 7) is 2.21. The van der Waals surface area contributed by atoms with Crippen molar-refractivity contribution in [3.05, 3.63) is 5.01 Å². The zero-order chi connectivity index (χ0) is 17.4. The van der Waals surface area contributed by atoms with E-state index in [1.165, 1.54) is 48.4 Å². The third-order valence-corrected chi connectivity index (χ3v) is 4.80. The van der Waals surface area contributed by atoms with Crippen molar-refractivity contribution in [2.45, 2.75) is 64.7 Å². The van der Waals surface area contributed by atoms with Crippen molar-refractivity contribution >= 4 is 34.0 Å². The van der Waals surface area contributed by atoms with E-state index in [9.17, 15) is 9.59 Å². The number of amides is 2. The smallest absolute Gasteiger partial charge is 0.273 e. The molecule has 2 amide bonds. The number of aryl methyl sites for hydroxylation is 1. The summed E-state index contributed by atoms with van der Waals surface area (Å²) >= 11 is 1.41. The van der Waals surface area contributed by atoms with Gasteiger partial charge in [0, 0.05) is 26.3 Å². The average Bonchev–Trinajstić information content (AvgIpc) is 3.00. The topological polar surface area (TPSA) is 87.6 Å². The van der Waals surface area contributed by atoms with Crippen molar-refractivity contribution in [3.8, 4) is 0 Å². The molecule has 0 radical (unpaired) electrons. The minimum Gasteiger partial charge on any atom is -0.295 e. The van der Waals surface area contributed by atoms with Gasteiger partial charge in [-0.3, -0.25) is 14.9 Å². The minimum atomic E-state index is -0.309. The van der Waals surface area contributed by atoms with E-state index in [4.69, 9.17) is 0 Å². The molecule has 0 bridgehead atoms. The number of hydrazone groups is 1. The lowest BCUT2D eigenvalue weighted by atomic mass is 10.1. The molecular formula is C16H25N5O2S. The normalized spacial score (nSPS) is 14.7. The molecule has 0 atom stereocenters. The maximum Gasteiger partial charge on any atom is 0.273 e. The van der Waals surface area contributed by atoms with Gasteiger partial charge in [0.05, 0.1) is 0 Å². The SMILES string of the molecule is CCCCCCCCc1nnc(NC(=O)C2=NN(C)C(=O)CC2)s1. The minimum absolute atomic E-state index is 0.0799. The summed E-state index contributed by atoms with van der Waals surface area (Å²) in [5.74, 6) is -0.389. The lowest BCUT2D eigenvalue weighted by Crippen LogP contribution is -2.34. The third kappa shape index (κ3) is 5.67. The Morgan fingerprint density at radius 2 is 1.92 bits per heavy atom. The molecule has 1 aliphatic heterocycles.